The molecule has 10 aromatic carbocycles. The molecule has 0 spiro atoms. The van der Waals surface area contributed by atoms with Gasteiger partial charge in [0.25, 0.3) is 0 Å². The van der Waals surface area contributed by atoms with E-state index in [0.717, 1.165) is 21.9 Å². The SMILES string of the molecule is CC1(C)c2ccc(-c3cccc(-c4c5ccccc5c(-c5ccccc5-c5ccc6oc7ccccc7c6c5)c5ccccc45)c3)cc2-c2ccc3ccccc3c21. The molecule has 1 heterocycles. The Kier molecular flexibility index (Phi) is 7.04. The molecule has 11 aromatic rings. The second-order valence-corrected chi connectivity index (χ2v) is 16.4. The smallest absolute Gasteiger partial charge is 0.135 e. The second kappa shape index (κ2) is 12.4. The fourth-order valence-electron chi connectivity index (χ4n) is 10.2. The Morgan fingerprint density at radius 3 is 1.69 bits per heavy atom. The van der Waals surface area contributed by atoms with Gasteiger partial charge in [0.1, 0.15) is 11.2 Å². The van der Waals surface area contributed by atoms with E-state index in [2.05, 4.69) is 196 Å². The maximum absolute atomic E-state index is 6.22. The highest BCUT2D eigenvalue weighted by atomic mass is 16.3. The van der Waals surface area contributed by atoms with E-state index in [1.165, 1.54) is 99.1 Å². The van der Waals surface area contributed by atoms with Crippen molar-refractivity contribution in [2.75, 3.05) is 0 Å². The van der Waals surface area contributed by atoms with Gasteiger partial charge in [0.2, 0.25) is 0 Å². The van der Waals surface area contributed by atoms with Crippen molar-refractivity contribution in [2.45, 2.75) is 19.3 Å². The van der Waals surface area contributed by atoms with Crippen LogP contribution < -0.4 is 0 Å². The molecule has 0 bridgehead atoms. The minimum Gasteiger partial charge on any atom is -0.456 e. The van der Waals surface area contributed by atoms with Gasteiger partial charge < -0.3 is 4.42 Å². The molecule has 0 radical (unpaired) electrons. The molecule has 0 fully saturated rings. The number of hydrogen-bond donors (Lipinski definition) is 0. The van der Waals surface area contributed by atoms with Gasteiger partial charge in [0.15, 0.2) is 0 Å². The van der Waals surface area contributed by atoms with Gasteiger partial charge in [-0.05, 0) is 129 Å². The molecule has 0 saturated carbocycles. The Labute approximate surface area is 337 Å². The van der Waals surface area contributed by atoms with Gasteiger partial charge in [0, 0.05) is 16.2 Å². The standard InChI is InChI=1S/C57H38O/c1-57(2)51-30-27-37(33-49(51)48-29-26-35-14-3-4-18-41(35)56(48)57)36-15-13-16-39(32-36)54-44-21-7-9-23-46(44)55(47-24-10-8-22-45(47)54)43-20-6-5-17-40(43)38-28-31-53-50(34-38)42-19-11-12-25-52(42)58-53/h3-34H,1-2H3. The number of fused-ring (bicyclic) bond motifs is 10. The lowest BCUT2D eigenvalue weighted by Crippen LogP contribution is -2.15. The van der Waals surface area contributed by atoms with E-state index in [0.29, 0.717) is 0 Å². The minimum atomic E-state index is -0.0789. The van der Waals surface area contributed by atoms with Crippen molar-refractivity contribution in [2.24, 2.45) is 0 Å². The van der Waals surface area contributed by atoms with E-state index in [1.807, 2.05) is 12.1 Å². The van der Waals surface area contributed by atoms with Crippen LogP contribution in [0.1, 0.15) is 25.0 Å². The van der Waals surface area contributed by atoms with Crippen LogP contribution in [0, 0.1) is 0 Å². The van der Waals surface area contributed by atoms with Crippen LogP contribution in [0.5, 0.6) is 0 Å². The topological polar surface area (TPSA) is 13.1 Å². The highest BCUT2D eigenvalue weighted by Crippen LogP contribution is 2.53. The van der Waals surface area contributed by atoms with Crippen LogP contribution in [-0.4, -0.2) is 0 Å². The fourth-order valence-corrected chi connectivity index (χ4v) is 10.2. The monoisotopic (exact) mass is 738 g/mol. The summed E-state index contributed by atoms with van der Waals surface area (Å²) in [6, 6.07) is 71.5. The summed E-state index contributed by atoms with van der Waals surface area (Å²) < 4.78 is 6.22. The Morgan fingerprint density at radius 1 is 0.328 bits per heavy atom. The Hall–Kier alpha value is -7.22. The third-order valence-corrected chi connectivity index (χ3v) is 12.8. The number of para-hydroxylation sites is 1. The summed E-state index contributed by atoms with van der Waals surface area (Å²) in [5.74, 6) is 0. The van der Waals surface area contributed by atoms with Gasteiger partial charge in [-0.25, -0.2) is 0 Å². The molecule has 0 aliphatic heterocycles. The van der Waals surface area contributed by atoms with Crippen molar-refractivity contribution in [1.82, 2.24) is 0 Å². The molecule has 1 aliphatic carbocycles. The molecular weight excluding hydrogens is 701 g/mol. The summed E-state index contributed by atoms with van der Waals surface area (Å²) in [6.45, 7) is 4.75. The summed E-state index contributed by atoms with van der Waals surface area (Å²) in [6.07, 6.45) is 0. The van der Waals surface area contributed by atoms with Crippen molar-refractivity contribution < 1.29 is 4.42 Å². The highest BCUT2D eigenvalue weighted by molar-refractivity contribution is 6.22. The van der Waals surface area contributed by atoms with E-state index in [1.54, 1.807) is 0 Å². The number of rotatable bonds is 4. The van der Waals surface area contributed by atoms with Crippen LogP contribution in [0.25, 0.3) is 110 Å². The molecule has 1 aliphatic rings. The first kappa shape index (κ1) is 33.0. The highest BCUT2D eigenvalue weighted by Gasteiger charge is 2.37. The second-order valence-electron chi connectivity index (χ2n) is 16.4. The molecule has 12 rings (SSSR count). The van der Waals surface area contributed by atoms with Crippen molar-refractivity contribution in [3.05, 3.63) is 205 Å². The van der Waals surface area contributed by atoms with Crippen LogP contribution in [0.4, 0.5) is 0 Å². The average molecular weight is 739 g/mol. The first-order valence-electron chi connectivity index (χ1n) is 20.3. The predicted molar refractivity (Wildman–Crippen MR) is 246 cm³/mol. The van der Waals surface area contributed by atoms with Gasteiger partial charge in [-0.1, -0.05) is 178 Å². The van der Waals surface area contributed by atoms with Crippen LogP contribution in [0.2, 0.25) is 0 Å². The normalized spacial score (nSPS) is 13.1. The molecule has 1 nitrogen and oxygen atoms in total. The lowest BCUT2D eigenvalue weighted by Gasteiger charge is -2.23. The first-order valence-corrected chi connectivity index (χ1v) is 20.3. The largest absolute Gasteiger partial charge is 0.456 e. The lowest BCUT2D eigenvalue weighted by molar-refractivity contribution is 0.666. The summed E-state index contributed by atoms with van der Waals surface area (Å²) in [4.78, 5) is 0. The van der Waals surface area contributed by atoms with Gasteiger partial charge >= 0.3 is 0 Å². The fraction of sp³-hybridized carbons (Fsp3) is 0.0526. The summed E-state index contributed by atoms with van der Waals surface area (Å²) >= 11 is 0. The van der Waals surface area contributed by atoms with Crippen molar-refractivity contribution in [1.29, 1.82) is 0 Å². The van der Waals surface area contributed by atoms with E-state index in [-0.39, 0.29) is 5.41 Å². The maximum Gasteiger partial charge on any atom is 0.135 e. The van der Waals surface area contributed by atoms with Gasteiger partial charge in [-0.3, -0.25) is 0 Å². The molecule has 0 atom stereocenters. The number of benzene rings is 10. The quantitative estimate of drug-likeness (QED) is 0.164. The molecule has 1 aromatic heterocycles. The Morgan fingerprint density at radius 2 is 0.914 bits per heavy atom. The Bertz CT molecular complexity index is 3430. The zero-order chi connectivity index (χ0) is 38.5. The van der Waals surface area contributed by atoms with E-state index < -0.39 is 0 Å². The zero-order valence-electron chi connectivity index (χ0n) is 32.4. The van der Waals surface area contributed by atoms with Crippen LogP contribution in [0.3, 0.4) is 0 Å². The van der Waals surface area contributed by atoms with E-state index in [4.69, 9.17) is 4.42 Å². The maximum atomic E-state index is 6.22. The molecule has 0 unspecified atom stereocenters. The molecular formula is C57H38O. The van der Waals surface area contributed by atoms with Gasteiger partial charge in [0.05, 0.1) is 0 Å². The molecule has 0 saturated heterocycles. The van der Waals surface area contributed by atoms with Crippen molar-refractivity contribution in [3.63, 3.8) is 0 Å². The molecule has 1 heteroatoms. The lowest BCUT2D eigenvalue weighted by atomic mass is 9.80. The number of furan rings is 1. The minimum absolute atomic E-state index is 0.0789. The van der Waals surface area contributed by atoms with Crippen LogP contribution >= 0.6 is 0 Å². The van der Waals surface area contributed by atoms with E-state index >= 15 is 0 Å². The average Bonchev–Trinajstić information content (AvgIpc) is 3.76. The summed E-state index contributed by atoms with van der Waals surface area (Å²) in [5.41, 5.74) is 17.0. The molecule has 272 valence electrons. The zero-order valence-corrected chi connectivity index (χ0v) is 32.4. The van der Waals surface area contributed by atoms with E-state index in [9.17, 15) is 0 Å². The molecule has 0 N–H and O–H groups in total. The van der Waals surface area contributed by atoms with Crippen molar-refractivity contribution >= 4 is 54.3 Å². The first-order chi connectivity index (χ1) is 28.5. The van der Waals surface area contributed by atoms with Crippen LogP contribution in [0.15, 0.2) is 199 Å². The third kappa shape index (κ3) is 4.77. The summed E-state index contributed by atoms with van der Waals surface area (Å²) in [7, 11) is 0. The van der Waals surface area contributed by atoms with Crippen molar-refractivity contribution in [3.8, 4) is 55.6 Å². The Balaban J connectivity index is 1.03. The van der Waals surface area contributed by atoms with Crippen LogP contribution in [-0.2, 0) is 5.41 Å². The van der Waals surface area contributed by atoms with Gasteiger partial charge in [-0.2, -0.15) is 0 Å². The summed E-state index contributed by atoms with van der Waals surface area (Å²) in [5, 5.41) is 9.90. The van der Waals surface area contributed by atoms with Gasteiger partial charge in [-0.15, -0.1) is 0 Å². The molecule has 0 amide bonds. The number of hydrogen-bond acceptors (Lipinski definition) is 1. The molecule has 58 heavy (non-hydrogen) atoms. The predicted octanol–water partition coefficient (Wildman–Crippen LogP) is 16.0. The third-order valence-electron chi connectivity index (χ3n) is 12.8.